The van der Waals surface area contributed by atoms with E-state index in [0.717, 1.165) is 12.8 Å². The van der Waals surface area contributed by atoms with Crippen molar-refractivity contribution in [1.29, 1.82) is 0 Å². The normalized spacial score (nSPS) is 21.8. The second-order valence-corrected chi connectivity index (χ2v) is 10.2. The van der Waals surface area contributed by atoms with Gasteiger partial charge in [0, 0.05) is 34.3 Å². The zero-order chi connectivity index (χ0) is 24.6. The largest absolute Gasteiger partial charge is 0.476 e. The molecule has 2 bridgehead atoms. The van der Waals surface area contributed by atoms with E-state index in [4.69, 9.17) is 33.7 Å². The molecule has 2 heterocycles. The van der Waals surface area contributed by atoms with Crippen LogP contribution in [-0.2, 0) is 4.79 Å². The molecular weight excluding hydrogens is 477 g/mol. The summed E-state index contributed by atoms with van der Waals surface area (Å²) >= 11 is 12.1. The Morgan fingerprint density at radius 2 is 1.68 bits per heavy atom. The van der Waals surface area contributed by atoms with Gasteiger partial charge in [-0.2, -0.15) is 0 Å². The monoisotopic (exact) mass is 503 g/mol. The SMILES string of the molecule is CC(C)(Oc1ccc(Cl)cc1Cl)C(=O)NC1CC2CCC(C1)N2C(=O)c1cccc(C(N)=O)c1. The number of carbonyl (C=O) groups excluding carboxylic acids is 3. The fourth-order valence-corrected chi connectivity index (χ4v) is 5.27. The molecule has 2 saturated heterocycles. The number of ether oxygens (including phenoxy) is 1. The van der Waals surface area contributed by atoms with Crippen LogP contribution in [0.25, 0.3) is 0 Å². The highest BCUT2D eigenvalue weighted by molar-refractivity contribution is 6.35. The number of benzene rings is 2. The molecule has 2 aromatic carbocycles. The number of carbonyl (C=O) groups is 3. The number of hydrogen-bond donors (Lipinski definition) is 2. The van der Waals surface area contributed by atoms with Crippen molar-refractivity contribution in [2.75, 3.05) is 0 Å². The van der Waals surface area contributed by atoms with Crippen LogP contribution in [0.4, 0.5) is 0 Å². The molecule has 2 fully saturated rings. The number of rotatable bonds is 6. The van der Waals surface area contributed by atoms with Crippen LogP contribution in [0.3, 0.4) is 0 Å². The van der Waals surface area contributed by atoms with Crippen LogP contribution in [0.15, 0.2) is 42.5 Å². The number of halogens is 2. The summed E-state index contributed by atoms with van der Waals surface area (Å²) in [6, 6.07) is 11.3. The van der Waals surface area contributed by atoms with Crippen molar-refractivity contribution in [2.45, 2.75) is 63.3 Å². The predicted octanol–water partition coefficient (Wildman–Crippen LogP) is 4.20. The highest BCUT2D eigenvalue weighted by Gasteiger charge is 2.45. The molecule has 0 aliphatic carbocycles. The van der Waals surface area contributed by atoms with Crippen molar-refractivity contribution in [1.82, 2.24) is 10.2 Å². The molecule has 34 heavy (non-hydrogen) atoms. The lowest BCUT2D eigenvalue weighted by Gasteiger charge is -2.40. The van der Waals surface area contributed by atoms with Gasteiger partial charge in [-0.15, -0.1) is 0 Å². The summed E-state index contributed by atoms with van der Waals surface area (Å²) < 4.78 is 5.90. The Balaban J connectivity index is 1.41. The first-order valence-corrected chi connectivity index (χ1v) is 12.0. The van der Waals surface area contributed by atoms with Gasteiger partial charge in [0.15, 0.2) is 5.60 Å². The van der Waals surface area contributed by atoms with E-state index in [2.05, 4.69) is 5.32 Å². The van der Waals surface area contributed by atoms with Crippen LogP contribution < -0.4 is 15.8 Å². The smallest absolute Gasteiger partial charge is 0.263 e. The molecule has 2 aromatic rings. The van der Waals surface area contributed by atoms with Crippen LogP contribution in [0, 0.1) is 0 Å². The standard InChI is InChI=1S/C25H27Cl2N3O4/c1-25(2,34-21-9-6-16(26)11-20(21)27)24(33)29-17-12-18-7-8-19(13-17)30(18)23(32)15-5-3-4-14(10-15)22(28)31/h3-6,9-11,17-19H,7-8,12-13H2,1-2H3,(H2,28,31)(H,29,33). The third-order valence-electron chi connectivity index (χ3n) is 6.50. The number of primary amides is 1. The molecular formula is C25H27Cl2N3O4. The lowest BCUT2D eigenvalue weighted by atomic mass is 9.95. The van der Waals surface area contributed by atoms with Gasteiger partial charge in [0.05, 0.1) is 5.02 Å². The van der Waals surface area contributed by atoms with Crippen molar-refractivity contribution in [3.63, 3.8) is 0 Å². The Morgan fingerprint density at radius 1 is 1.03 bits per heavy atom. The highest BCUT2D eigenvalue weighted by Crippen LogP contribution is 2.37. The average molecular weight is 504 g/mol. The third-order valence-corrected chi connectivity index (χ3v) is 7.03. The van der Waals surface area contributed by atoms with Crippen LogP contribution in [0.5, 0.6) is 5.75 Å². The molecule has 4 rings (SSSR count). The minimum Gasteiger partial charge on any atom is -0.476 e. The van der Waals surface area contributed by atoms with Crippen molar-refractivity contribution < 1.29 is 19.1 Å². The van der Waals surface area contributed by atoms with Gasteiger partial charge < -0.3 is 20.7 Å². The van der Waals surface area contributed by atoms with Crippen molar-refractivity contribution in [3.8, 4) is 5.75 Å². The molecule has 2 aliphatic heterocycles. The summed E-state index contributed by atoms with van der Waals surface area (Å²) in [6.45, 7) is 3.37. The predicted molar refractivity (Wildman–Crippen MR) is 130 cm³/mol. The first-order chi connectivity index (χ1) is 16.0. The van der Waals surface area contributed by atoms with E-state index in [0.29, 0.717) is 39.8 Å². The van der Waals surface area contributed by atoms with Crippen molar-refractivity contribution in [2.24, 2.45) is 5.73 Å². The van der Waals surface area contributed by atoms with Gasteiger partial charge in [0.2, 0.25) is 5.91 Å². The molecule has 180 valence electrons. The first kappa shape index (κ1) is 24.4. The molecule has 0 spiro atoms. The Hall–Kier alpha value is -2.77. The molecule has 0 saturated carbocycles. The summed E-state index contributed by atoms with van der Waals surface area (Å²) in [5.74, 6) is -0.549. The summed E-state index contributed by atoms with van der Waals surface area (Å²) in [7, 11) is 0. The minimum atomic E-state index is -1.15. The van der Waals surface area contributed by atoms with Crippen LogP contribution in [0.1, 0.15) is 60.2 Å². The van der Waals surface area contributed by atoms with Gasteiger partial charge in [0.25, 0.3) is 11.8 Å². The summed E-state index contributed by atoms with van der Waals surface area (Å²) in [5.41, 5.74) is 4.97. The Kier molecular flexibility index (Phi) is 6.78. The first-order valence-electron chi connectivity index (χ1n) is 11.2. The number of hydrogen-bond acceptors (Lipinski definition) is 4. The maximum absolute atomic E-state index is 13.2. The summed E-state index contributed by atoms with van der Waals surface area (Å²) in [4.78, 5) is 39.7. The van der Waals surface area contributed by atoms with E-state index in [1.165, 1.54) is 0 Å². The number of nitrogens with zero attached hydrogens (tertiary/aromatic N) is 1. The molecule has 9 heteroatoms. The van der Waals surface area contributed by atoms with Gasteiger partial charge in [-0.3, -0.25) is 14.4 Å². The average Bonchev–Trinajstić information content (AvgIpc) is 3.05. The fraction of sp³-hybridized carbons (Fsp3) is 0.400. The fourth-order valence-electron chi connectivity index (χ4n) is 4.82. The summed E-state index contributed by atoms with van der Waals surface area (Å²) in [6.07, 6.45) is 3.06. The second-order valence-electron chi connectivity index (χ2n) is 9.37. The zero-order valence-electron chi connectivity index (χ0n) is 19.0. The molecule has 0 aromatic heterocycles. The Bertz CT molecular complexity index is 1120. The highest BCUT2D eigenvalue weighted by atomic mass is 35.5. The van der Waals surface area contributed by atoms with Gasteiger partial charge >= 0.3 is 0 Å². The Morgan fingerprint density at radius 3 is 2.29 bits per heavy atom. The van der Waals surface area contributed by atoms with E-state index >= 15 is 0 Å². The molecule has 0 radical (unpaired) electrons. The molecule has 3 N–H and O–H groups in total. The second kappa shape index (κ2) is 9.47. The number of nitrogens with one attached hydrogen (secondary N) is 1. The van der Waals surface area contributed by atoms with Crippen LogP contribution in [0.2, 0.25) is 10.0 Å². The number of piperidine rings is 1. The van der Waals surface area contributed by atoms with Gasteiger partial charge in [-0.25, -0.2) is 0 Å². The van der Waals surface area contributed by atoms with Crippen molar-refractivity contribution >= 4 is 40.9 Å². The van der Waals surface area contributed by atoms with E-state index in [1.54, 1.807) is 56.3 Å². The van der Waals surface area contributed by atoms with Crippen molar-refractivity contribution in [3.05, 3.63) is 63.6 Å². The topological polar surface area (TPSA) is 102 Å². The van der Waals surface area contributed by atoms with E-state index in [-0.39, 0.29) is 29.9 Å². The molecule has 3 amide bonds. The zero-order valence-corrected chi connectivity index (χ0v) is 20.5. The minimum absolute atomic E-state index is 0.0172. The Labute approximate surface area is 208 Å². The quantitative estimate of drug-likeness (QED) is 0.616. The molecule has 2 atom stereocenters. The lowest BCUT2D eigenvalue weighted by molar-refractivity contribution is -0.135. The number of amides is 3. The molecule has 2 unspecified atom stereocenters. The van der Waals surface area contributed by atoms with Crippen LogP contribution >= 0.6 is 23.2 Å². The molecule has 7 nitrogen and oxygen atoms in total. The third kappa shape index (κ3) is 5.00. The molecule has 2 aliphatic rings. The van der Waals surface area contributed by atoms with Gasteiger partial charge in [-0.05, 0) is 75.9 Å². The number of fused-ring (bicyclic) bond motifs is 2. The lowest BCUT2D eigenvalue weighted by Crippen LogP contribution is -2.56. The number of nitrogens with two attached hydrogens (primary N) is 1. The maximum Gasteiger partial charge on any atom is 0.263 e. The van der Waals surface area contributed by atoms with Gasteiger partial charge in [-0.1, -0.05) is 29.3 Å². The summed E-state index contributed by atoms with van der Waals surface area (Å²) in [5, 5.41) is 3.92. The van der Waals surface area contributed by atoms with E-state index < -0.39 is 11.5 Å². The van der Waals surface area contributed by atoms with E-state index in [9.17, 15) is 14.4 Å². The van der Waals surface area contributed by atoms with Crippen LogP contribution in [-0.4, -0.2) is 46.3 Å². The maximum atomic E-state index is 13.2. The van der Waals surface area contributed by atoms with E-state index in [1.807, 2.05) is 4.90 Å². The van der Waals surface area contributed by atoms with Gasteiger partial charge in [0.1, 0.15) is 5.75 Å².